The SMILES string of the molecule is CC(C(=O)NCC(=O)Nc1ccc(-n2cccn2)cc1)S(=O)(=O)c1ccc(F)cc1. The van der Waals surface area contributed by atoms with E-state index >= 15 is 0 Å². The highest BCUT2D eigenvalue weighted by Gasteiger charge is 2.29. The van der Waals surface area contributed by atoms with E-state index in [-0.39, 0.29) is 4.90 Å². The fraction of sp³-hybridized carbons (Fsp3) is 0.150. The number of hydrogen-bond acceptors (Lipinski definition) is 5. The average molecular weight is 430 g/mol. The second-order valence-corrected chi connectivity index (χ2v) is 8.67. The molecular formula is C20H19FN4O4S. The number of carbonyl (C=O) groups excluding carboxylic acids is 2. The van der Waals surface area contributed by atoms with E-state index < -0.39 is 39.3 Å². The van der Waals surface area contributed by atoms with Crippen molar-refractivity contribution in [1.29, 1.82) is 0 Å². The Morgan fingerprint density at radius 1 is 1.10 bits per heavy atom. The third-order valence-electron chi connectivity index (χ3n) is 4.32. The van der Waals surface area contributed by atoms with Crippen molar-refractivity contribution in [3.63, 3.8) is 0 Å². The van der Waals surface area contributed by atoms with Gasteiger partial charge in [0, 0.05) is 18.1 Å². The van der Waals surface area contributed by atoms with Gasteiger partial charge in [0.2, 0.25) is 11.8 Å². The number of rotatable bonds is 7. The van der Waals surface area contributed by atoms with Gasteiger partial charge in [-0.05, 0) is 61.5 Å². The standard InChI is InChI=1S/C20H19FN4O4S/c1-14(30(28,29)18-9-3-15(21)4-10-18)20(27)22-13-19(26)24-16-5-7-17(8-6-16)25-12-2-11-23-25/h2-12,14H,13H2,1H3,(H,22,27)(H,24,26). The van der Waals surface area contributed by atoms with Crippen LogP contribution in [-0.2, 0) is 19.4 Å². The van der Waals surface area contributed by atoms with Gasteiger partial charge in [-0.2, -0.15) is 5.10 Å². The van der Waals surface area contributed by atoms with Crippen molar-refractivity contribution in [1.82, 2.24) is 15.1 Å². The molecule has 0 saturated heterocycles. The molecule has 156 valence electrons. The van der Waals surface area contributed by atoms with Crippen LogP contribution in [0.2, 0.25) is 0 Å². The van der Waals surface area contributed by atoms with Crippen molar-refractivity contribution >= 4 is 27.3 Å². The first-order chi connectivity index (χ1) is 14.3. The first-order valence-electron chi connectivity index (χ1n) is 8.94. The van der Waals surface area contributed by atoms with Crippen molar-refractivity contribution < 1.29 is 22.4 Å². The molecule has 2 aromatic carbocycles. The van der Waals surface area contributed by atoms with Crippen LogP contribution in [0.3, 0.4) is 0 Å². The normalized spacial score (nSPS) is 12.2. The smallest absolute Gasteiger partial charge is 0.243 e. The highest BCUT2D eigenvalue weighted by Crippen LogP contribution is 2.17. The molecule has 1 aromatic heterocycles. The average Bonchev–Trinajstić information content (AvgIpc) is 3.27. The Labute approximate surface area is 172 Å². The molecule has 10 heteroatoms. The molecule has 0 bridgehead atoms. The van der Waals surface area contributed by atoms with Gasteiger partial charge in [-0.15, -0.1) is 0 Å². The summed E-state index contributed by atoms with van der Waals surface area (Å²) in [6, 6.07) is 12.9. The maximum absolute atomic E-state index is 13.0. The van der Waals surface area contributed by atoms with E-state index in [0.717, 1.165) is 30.0 Å². The zero-order valence-corrected chi connectivity index (χ0v) is 16.8. The van der Waals surface area contributed by atoms with E-state index in [0.29, 0.717) is 5.69 Å². The highest BCUT2D eigenvalue weighted by molar-refractivity contribution is 7.92. The van der Waals surface area contributed by atoms with Gasteiger partial charge in [0.05, 0.1) is 17.1 Å². The van der Waals surface area contributed by atoms with Crippen molar-refractivity contribution in [2.45, 2.75) is 17.1 Å². The van der Waals surface area contributed by atoms with Gasteiger partial charge >= 0.3 is 0 Å². The number of nitrogens with one attached hydrogen (secondary N) is 2. The summed E-state index contributed by atoms with van der Waals surface area (Å²) < 4.78 is 39.6. The molecule has 0 fully saturated rings. The molecule has 2 amide bonds. The van der Waals surface area contributed by atoms with E-state index in [1.54, 1.807) is 47.4 Å². The van der Waals surface area contributed by atoms with Crippen molar-refractivity contribution in [3.05, 3.63) is 72.8 Å². The monoisotopic (exact) mass is 430 g/mol. The van der Waals surface area contributed by atoms with Gasteiger partial charge < -0.3 is 10.6 Å². The van der Waals surface area contributed by atoms with Crippen LogP contribution in [0.4, 0.5) is 10.1 Å². The molecule has 1 heterocycles. The first-order valence-corrected chi connectivity index (χ1v) is 10.5. The lowest BCUT2D eigenvalue weighted by Crippen LogP contribution is -2.41. The number of nitrogens with zero attached hydrogens (tertiary/aromatic N) is 2. The van der Waals surface area contributed by atoms with E-state index in [1.165, 1.54) is 6.92 Å². The number of aromatic nitrogens is 2. The fourth-order valence-electron chi connectivity index (χ4n) is 2.60. The lowest BCUT2D eigenvalue weighted by molar-refractivity contribution is -0.123. The Morgan fingerprint density at radius 3 is 2.37 bits per heavy atom. The predicted molar refractivity (Wildman–Crippen MR) is 108 cm³/mol. The van der Waals surface area contributed by atoms with Crippen LogP contribution in [0.1, 0.15) is 6.92 Å². The Morgan fingerprint density at radius 2 is 1.77 bits per heavy atom. The Hall–Kier alpha value is -3.53. The maximum Gasteiger partial charge on any atom is 0.243 e. The maximum atomic E-state index is 13.0. The molecule has 30 heavy (non-hydrogen) atoms. The first kappa shape index (κ1) is 21.2. The molecule has 0 aliphatic carbocycles. The van der Waals surface area contributed by atoms with Crippen molar-refractivity contribution in [3.8, 4) is 5.69 Å². The molecule has 0 aliphatic heterocycles. The second-order valence-electron chi connectivity index (χ2n) is 6.40. The quantitative estimate of drug-likeness (QED) is 0.557. The number of anilines is 1. The van der Waals surface area contributed by atoms with Gasteiger partial charge in [-0.3, -0.25) is 9.59 Å². The zero-order valence-electron chi connectivity index (χ0n) is 15.9. The van der Waals surface area contributed by atoms with Gasteiger partial charge in [-0.1, -0.05) is 0 Å². The summed E-state index contributed by atoms with van der Waals surface area (Å²) in [5, 5.41) is 7.58. The predicted octanol–water partition coefficient (Wildman–Crippen LogP) is 1.93. The molecule has 1 unspecified atom stereocenters. The van der Waals surface area contributed by atoms with E-state index in [1.807, 2.05) is 0 Å². The number of hydrogen-bond donors (Lipinski definition) is 2. The molecule has 0 spiro atoms. The number of sulfone groups is 1. The minimum atomic E-state index is -4.01. The Kier molecular flexibility index (Phi) is 6.26. The Bertz CT molecular complexity index is 1130. The van der Waals surface area contributed by atoms with Gasteiger partial charge in [0.15, 0.2) is 9.84 Å². The summed E-state index contributed by atoms with van der Waals surface area (Å²) in [7, 11) is -4.01. The third kappa shape index (κ3) is 4.90. The largest absolute Gasteiger partial charge is 0.346 e. The molecular weight excluding hydrogens is 411 g/mol. The van der Waals surface area contributed by atoms with Gasteiger partial charge in [0.25, 0.3) is 0 Å². The number of amides is 2. The van der Waals surface area contributed by atoms with Crippen LogP contribution >= 0.6 is 0 Å². The fourth-order valence-corrected chi connectivity index (χ4v) is 3.89. The van der Waals surface area contributed by atoms with Gasteiger partial charge in [-0.25, -0.2) is 17.5 Å². The topological polar surface area (TPSA) is 110 Å². The van der Waals surface area contributed by atoms with Crippen LogP contribution in [0.15, 0.2) is 71.9 Å². The molecule has 2 N–H and O–H groups in total. The summed E-state index contributed by atoms with van der Waals surface area (Å²) in [5.74, 6) is -1.93. The second kappa shape index (κ2) is 8.87. The summed E-state index contributed by atoms with van der Waals surface area (Å²) >= 11 is 0. The molecule has 8 nitrogen and oxygen atoms in total. The molecule has 0 radical (unpaired) electrons. The summed E-state index contributed by atoms with van der Waals surface area (Å²) in [6.45, 7) is 0.808. The van der Waals surface area contributed by atoms with Crippen LogP contribution in [0.25, 0.3) is 5.69 Å². The van der Waals surface area contributed by atoms with Crippen molar-refractivity contribution in [2.24, 2.45) is 0 Å². The highest BCUT2D eigenvalue weighted by atomic mass is 32.2. The Balaban J connectivity index is 1.55. The molecule has 3 rings (SSSR count). The zero-order chi connectivity index (χ0) is 21.7. The number of benzene rings is 2. The number of halogens is 1. The summed E-state index contributed by atoms with van der Waals surface area (Å²) in [6.07, 6.45) is 3.43. The van der Waals surface area contributed by atoms with Crippen LogP contribution in [0, 0.1) is 5.82 Å². The van der Waals surface area contributed by atoms with Crippen LogP contribution < -0.4 is 10.6 Å². The van der Waals surface area contributed by atoms with E-state index in [2.05, 4.69) is 15.7 Å². The van der Waals surface area contributed by atoms with Gasteiger partial charge in [0.1, 0.15) is 11.1 Å². The van der Waals surface area contributed by atoms with E-state index in [9.17, 15) is 22.4 Å². The van der Waals surface area contributed by atoms with Crippen LogP contribution in [0.5, 0.6) is 0 Å². The summed E-state index contributed by atoms with van der Waals surface area (Å²) in [5.41, 5.74) is 1.32. The summed E-state index contributed by atoms with van der Waals surface area (Å²) in [4.78, 5) is 24.1. The van der Waals surface area contributed by atoms with Crippen molar-refractivity contribution in [2.75, 3.05) is 11.9 Å². The molecule has 1 atom stereocenters. The molecule has 3 aromatic rings. The number of carbonyl (C=O) groups is 2. The lowest BCUT2D eigenvalue weighted by atomic mass is 10.3. The minimum absolute atomic E-state index is 0.173. The molecule has 0 aliphatic rings. The minimum Gasteiger partial charge on any atom is -0.346 e. The lowest BCUT2D eigenvalue weighted by Gasteiger charge is -2.13. The van der Waals surface area contributed by atoms with Crippen LogP contribution in [-0.4, -0.2) is 41.8 Å². The molecule has 0 saturated carbocycles. The van der Waals surface area contributed by atoms with E-state index in [4.69, 9.17) is 0 Å². The third-order valence-corrected chi connectivity index (χ3v) is 6.39.